The van der Waals surface area contributed by atoms with E-state index < -0.39 is 0 Å². The predicted molar refractivity (Wildman–Crippen MR) is 81.2 cm³/mol. The molecule has 0 aliphatic carbocycles. The van der Waals surface area contributed by atoms with Gasteiger partial charge in [0.15, 0.2) is 0 Å². The second-order valence-electron chi connectivity index (χ2n) is 5.07. The van der Waals surface area contributed by atoms with Gasteiger partial charge < -0.3 is 5.32 Å². The fourth-order valence-corrected chi connectivity index (χ4v) is 3.23. The lowest BCUT2D eigenvalue weighted by molar-refractivity contribution is 0.244. The summed E-state index contributed by atoms with van der Waals surface area (Å²) >= 11 is 1.60. The Morgan fingerprint density at radius 1 is 1.50 bits per heavy atom. The number of aryl methyl sites for hydroxylation is 1. The predicted octanol–water partition coefficient (Wildman–Crippen LogP) is 3.11. The first-order valence-electron chi connectivity index (χ1n) is 6.71. The van der Waals surface area contributed by atoms with Crippen molar-refractivity contribution in [1.82, 2.24) is 10.3 Å². The van der Waals surface area contributed by atoms with Crippen molar-refractivity contribution in [3.8, 4) is 0 Å². The molecule has 3 rings (SSSR count). The Kier molecular flexibility index (Phi) is 3.44. The van der Waals surface area contributed by atoms with Crippen LogP contribution in [-0.4, -0.2) is 17.1 Å². The maximum absolute atomic E-state index is 12.4. The zero-order chi connectivity index (χ0) is 14.1. The normalized spacial score (nSPS) is 17.1. The minimum Gasteiger partial charge on any atom is -0.332 e. The van der Waals surface area contributed by atoms with Gasteiger partial charge in [-0.15, -0.1) is 11.3 Å². The van der Waals surface area contributed by atoms with Gasteiger partial charge >= 0.3 is 6.03 Å². The average Bonchev–Trinajstić information content (AvgIpc) is 2.98. The third kappa shape index (κ3) is 2.41. The van der Waals surface area contributed by atoms with Crippen LogP contribution in [0.25, 0.3) is 0 Å². The van der Waals surface area contributed by atoms with Crippen LogP contribution in [0.4, 0.5) is 10.5 Å². The van der Waals surface area contributed by atoms with Crippen LogP contribution in [0.2, 0.25) is 0 Å². The highest BCUT2D eigenvalue weighted by Gasteiger charge is 2.30. The van der Waals surface area contributed by atoms with E-state index in [0.29, 0.717) is 6.54 Å². The molecule has 1 N–H and O–H groups in total. The van der Waals surface area contributed by atoms with Crippen molar-refractivity contribution in [1.29, 1.82) is 0 Å². The van der Waals surface area contributed by atoms with Crippen LogP contribution in [0, 0.1) is 6.92 Å². The van der Waals surface area contributed by atoms with Crippen LogP contribution >= 0.6 is 11.3 Å². The molecule has 2 heterocycles. The van der Waals surface area contributed by atoms with E-state index in [0.717, 1.165) is 22.8 Å². The molecule has 1 atom stereocenters. The topological polar surface area (TPSA) is 45.2 Å². The summed E-state index contributed by atoms with van der Waals surface area (Å²) in [6.07, 6.45) is 0.916. The van der Waals surface area contributed by atoms with E-state index in [1.807, 2.05) is 35.4 Å². The number of urea groups is 1. The Labute approximate surface area is 122 Å². The maximum atomic E-state index is 12.4. The molecule has 5 heteroatoms. The zero-order valence-electron chi connectivity index (χ0n) is 11.6. The van der Waals surface area contributed by atoms with Crippen molar-refractivity contribution in [2.45, 2.75) is 32.9 Å². The number of aromatic nitrogens is 1. The largest absolute Gasteiger partial charge is 0.332 e. The van der Waals surface area contributed by atoms with Gasteiger partial charge in [-0.1, -0.05) is 18.2 Å². The Morgan fingerprint density at radius 2 is 2.30 bits per heavy atom. The van der Waals surface area contributed by atoms with Crippen LogP contribution in [0.3, 0.4) is 0 Å². The Hall–Kier alpha value is -1.88. The van der Waals surface area contributed by atoms with E-state index in [4.69, 9.17) is 0 Å². The van der Waals surface area contributed by atoms with Gasteiger partial charge in [0.1, 0.15) is 0 Å². The molecule has 0 radical (unpaired) electrons. The summed E-state index contributed by atoms with van der Waals surface area (Å²) < 4.78 is 0. The van der Waals surface area contributed by atoms with E-state index in [1.54, 1.807) is 11.3 Å². The minimum atomic E-state index is -0.0481. The molecule has 1 aliphatic rings. The molecule has 0 fully saturated rings. The third-order valence-electron chi connectivity index (χ3n) is 3.51. The number of amides is 2. The number of thiazole rings is 1. The van der Waals surface area contributed by atoms with Gasteiger partial charge in [0.2, 0.25) is 0 Å². The van der Waals surface area contributed by atoms with E-state index in [-0.39, 0.29) is 12.1 Å². The SMILES string of the molecule is Cc1nc(CNC(=O)N2c3ccccc3C[C@H]2C)cs1. The summed E-state index contributed by atoms with van der Waals surface area (Å²) in [5.41, 5.74) is 3.17. The molecule has 20 heavy (non-hydrogen) atoms. The minimum absolute atomic E-state index is 0.0481. The molecule has 0 unspecified atom stereocenters. The fraction of sp³-hybridized carbons (Fsp3) is 0.333. The molecule has 0 bridgehead atoms. The molecule has 1 aromatic heterocycles. The molecule has 1 aliphatic heterocycles. The lowest BCUT2D eigenvalue weighted by Gasteiger charge is -2.22. The molecule has 0 spiro atoms. The molecule has 4 nitrogen and oxygen atoms in total. The van der Waals surface area contributed by atoms with E-state index >= 15 is 0 Å². The number of hydrogen-bond acceptors (Lipinski definition) is 3. The summed E-state index contributed by atoms with van der Waals surface area (Å²) in [4.78, 5) is 18.6. The lowest BCUT2D eigenvalue weighted by atomic mass is 10.1. The number of carbonyl (C=O) groups excluding carboxylic acids is 1. The van der Waals surface area contributed by atoms with Gasteiger partial charge in [-0.25, -0.2) is 9.78 Å². The highest BCUT2D eigenvalue weighted by Crippen LogP contribution is 2.31. The van der Waals surface area contributed by atoms with Crippen LogP contribution in [-0.2, 0) is 13.0 Å². The lowest BCUT2D eigenvalue weighted by Crippen LogP contribution is -2.43. The standard InChI is InChI=1S/C15H17N3OS/c1-10-7-12-5-3-4-6-14(12)18(10)15(19)16-8-13-9-20-11(2)17-13/h3-6,9-10H,7-8H2,1-2H3,(H,16,19)/t10-/m1/s1. The summed E-state index contributed by atoms with van der Waals surface area (Å²) in [6, 6.07) is 8.23. The van der Waals surface area contributed by atoms with Crippen LogP contribution in [0.1, 0.15) is 23.2 Å². The van der Waals surface area contributed by atoms with Gasteiger partial charge in [0, 0.05) is 17.1 Å². The van der Waals surface area contributed by atoms with E-state index in [1.165, 1.54) is 5.56 Å². The molecular weight excluding hydrogens is 270 g/mol. The first-order chi connectivity index (χ1) is 9.65. The number of anilines is 1. The molecule has 1 aromatic carbocycles. The molecule has 0 saturated heterocycles. The van der Waals surface area contributed by atoms with E-state index in [2.05, 4.69) is 23.3 Å². The van der Waals surface area contributed by atoms with Crippen molar-refractivity contribution in [3.05, 3.63) is 45.9 Å². The molecule has 0 saturated carbocycles. The number of nitrogens with one attached hydrogen (secondary N) is 1. The third-order valence-corrected chi connectivity index (χ3v) is 4.34. The molecular formula is C15H17N3OS. The van der Waals surface area contributed by atoms with Gasteiger partial charge in [0.25, 0.3) is 0 Å². The monoisotopic (exact) mass is 287 g/mol. The Morgan fingerprint density at radius 3 is 3.05 bits per heavy atom. The number of benzene rings is 1. The van der Waals surface area contributed by atoms with Crippen molar-refractivity contribution < 1.29 is 4.79 Å². The van der Waals surface area contributed by atoms with Gasteiger partial charge in [-0.2, -0.15) is 0 Å². The number of fused-ring (bicyclic) bond motifs is 1. The number of nitrogens with zero attached hydrogens (tertiary/aromatic N) is 2. The van der Waals surface area contributed by atoms with Gasteiger partial charge in [-0.3, -0.25) is 4.90 Å². The highest BCUT2D eigenvalue weighted by molar-refractivity contribution is 7.09. The number of para-hydroxylation sites is 1. The van der Waals surface area contributed by atoms with Crippen LogP contribution in [0.5, 0.6) is 0 Å². The van der Waals surface area contributed by atoms with Gasteiger partial charge in [0.05, 0.1) is 17.2 Å². The molecule has 2 aromatic rings. The number of rotatable bonds is 2. The van der Waals surface area contributed by atoms with Crippen LogP contribution < -0.4 is 10.2 Å². The zero-order valence-corrected chi connectivity index (χ0v) is 12.4. The fourth-order valence-electron chi connectivity index (χ4n) is 2.62. The van der Waals surface area contributed by atoms with E-state index in [9.17, 15) is 4.79 Å². The smallest absolute Gasteiger partial charge is 0.322 e. The Bertz CT molecular complexity index is 638. The summed E-state index contributed by atoms with van der Waals surface area (Å²) in [5, 5.41) is 5.96. The van der Waals surface area contributed by atoms with Crippen molar-refractivity contribution in [2.75, 3.05) is 4.90 Å². The van der Waals surface area contributed by atoms with Gasteiger partial charge in [-0.05, 0) is 31.9 Å². The van der Waals surface area contributed by atoms with Crippen molar-refractivity contribution in [2.24, 2.45) is 0 Å². The second-order valence-corrected chi connectivity index (χ2v) is 6.13. The molecule has 104 valence electrons. The summed E-state index contributed by atoms with van der Waals surface area (Å²) in [7, 11) is 0. The quantitative estimate of drug-likeness (QED) is 0.922. The second kappa shape index (κ2) is 5.25. The number of carbonyl (C=O) groups is 1. The maximum Gasteiger partial charge on any atom is 0.322 e. The first kappa shape index (κ1) is 13.1. The van der Waals surface area contributed by atoms with Crippen molar-refractivity contribution >= 4 is 23.1 Å². The summed E-state index contributed by atoms with van der Waals surface area (Å²) in [5.74, 6) is 0. The van der Waals surface area contributed by atoms with Crippen molar-refractivity contribution in [3.63, 3.8) is 0 Å². The highest BCUT2D eigenvalue weighted by atomic mass is 32.1. The Balaban J connectivity index is 1.71. The van der Waals surface area contributed by atoms with Crippen LogP contribution in [0.15, 0.2) is 29.6 Å². The molecule has 2 amide bonds. The first-order valence-corrected chi connectivity index (χ1v) is 7.59. The number of hydrogen-bond donors (Lipinski definition) is 1. The summed E-state index contributed by atoms with van der Waals surface area (Å²) in [6.45, 7) is 4.52. The average molecular weight is 287 g/mol.